The summed E-state index contributed by atoms with van der Waals surface area (Å²) < 4.78 is 5.25. The van der Waals surface area contributed by atoms with Gasteiger partial charge >= 0.3 is 5.97 Å². The molecule has 2 aromatic heterocycles. The Morgan fingerprint density at radius 3 is 2.59 bits per heavy atom. The van der Waals surface area contributed by atoms with Gasteiger partial charge in [0, 0.05) is 11.9 Å². The van der Waals surface area contributed by atoms with Crippen molar-refractivity contribution in [1.82, 2.24) is 14.9 Å². The minimum absolute atomic E-state index is 0.167. The highest BCUT2D eigenvalue weighted by Crippen LogP contribution is 2.27. The molecule has 0 saturated heterocycles. The maximum absolute atomic E-state index is 12.3. The van der Waals surface area contributed by atoms with Crippen LogP contribution in [0.1, 0.15) is 33.6 Å². The number of thioether (sulfide) groups is 1. The number of benzene rings is 1. The number of imide groups is 1. The fraction of sp³-hybridized carbons (Fsp3) is 0.250. The van der Waals surface area contributed by atoms with E-state index in [-0.39, 0.29) is 30.1 Å². The summed E-state index contributed by atoms with van der Waals surface area (Å²) in [5.74, 6) is -0.676. The van der Waals surface area contributed by atoms with Gasteiger partial charge in [-0.25, -0.2) is 9.97 Å². The Balaban J connectivity index is 1.18. The quantitative estimate of drug-likeness (QED) is 0.179. The minimum atomic E-state index is -0.322. The molecule has 0 atom stereocenters. The van der Waals surface area contributed by atoms with E-state index in [9.17, 15) is 14.4 Å². The first-order chi connectivity index (χ1) is 14.1. The number of esters is 1. The Hall–Kier alpha value is -2.78. The van der Waals surface area contributed by atoms with Crippen molar-refractivity contribution in [2.24, 2.45) is 0 Å². The number of carbonyl (C=O) groups excluding carboxylic acids is 3. The van der Waals surface area contributed by atoms with Gasteiger partial charge in [-0.3, -0.25) is 19.3 Å². The highest BCUT2D eigenvalue weighted by molar-refractivity contribution is 8.00. The molecular formula is C20H17N3O4S2. The first-order valence-electron chi connectivity index (χ1n) is 9.07. The molecule has 4 rings (SSSR count). The van der Waals surface area contributed by atoms with Crippen molar-refractivity contribution < 1.29 is 19.1 Å². The second kappa shape index (κ2) is 8.71. The van der Waals surface area contributed by atoms with Crippen LogP contribution >= 0.6 is 23.1 Å². The van der Waals surface area contributed by atoms with Crippen molar-refractivity contribution in [1.29, 1.82) is 0 Å². The molecule has 0 unspecified atom stereocenters. The molecule has 0 bridgehead atoms. The first-order valence-corrected chi connectivity index (χ1v) is 10.9. The van der Waals surface area contributed by atoms with Gasteiger partial charge in [0.15, 0.2) is 0 Å². The van der Waals surface area contributed by atoms with E-state index in [1.54, 1.807) is 24.3 Å². The number of thiophene rings is 1. The molecule has 1 aliphatic heterocycles. The smallest absolute Gasteiger partial charge is 0.316 e. The standard InChI is InChI=1S/C20H17N3O4S2/c24-16(11-29-18-15-7-10-28-17(15)21-12-22-18)27-9-4-3-8-23-19(25)13-5-1-2-6-14(13)20(23)26/h1-2,5-7,10,12H,3-4,8-9,11H2. The Labute approximate surface area is 175 Å². The summed E-state index contributed by atoms with van der Waals surface area (Å²) in [5, 5.41) is 3.64. The number of amides is 2. The van der Waals surface area contributed by atoms with Crippen molar-refractivity contribution in [2.75, 3.05) is 18.9 Å². The van der Waals surface area contributed by atoms with Crippen LogP contribution in [0.25, 0.3) is 10.2 Å². The second-order valence-electron chi connectivity index (χ2n) is 6.34. The van der Waals surface area contributed by atoms with Gasteiger partial charge in [-0.1, -0.05) is 23.9 Å². The van der Waals surface area contributed by atoms with Crippen LogP contribution in [0.3, 0.4) is 0 Å². The Kier molecular flexibility index (Phi) is 5.86. The highest BCUT2D eigenvalue weighted by atomic mass is 32.2. The van der Waals surface area contributed by atoms with Crippen LogP contribution in [0.5, 0.6) is 0 Å². The fourth-order valence-corrected chi connectivity index (χ4v) is 4.63. The van der Waals surface area contributed by atoms with Crippen molar-refractivity contribution in [3.8, 4) is 0 Å². The summed E-state index contributed by atoms with van der Waals surface area (Å²) in [4.78, 5) is 47.1. The zero-order chi connectivity index (χ0) is 20.2. The maximum Gasteiger partial charge on any atom is 0.316 e. The van der Waals surface area contributed by atoms with Crippen molar-refractivity contribution in [2.45, 2.75) is 17.9 Å². The highest BCUT2D eigenvalue weighted by Gasteiger charge is 2.34. The predicted molar refractivity (Wildman–Crippen MR) is 110 cm³/mol. The summed E-state index contributed by atoms with van der Waals surface area (Å²) in [5.41, 5.74) is 0.899. The molecule has 0 aliphatic carbocycles. The summed E-state index contributed by atoms with van der Waals surface area (Å²) in [6.07, 6.45) is 2.64. The van der Waals surface area contributed by atoms with E-state index in [0.717, 1.165) is 15.2 Å². The maximum atomic E-state index is 12.3. The van der Waals surface area contributed by atoms with E-state index < -0.39 is 0 Å². The third-order valence-electron chi connectivity index (χ3n) is 4.47. The molecule has 0 fully saturated rings. The van der Waals surface area contributed by atoms with Crippen LogP contribution < -0.4 is 0 Å². The number of rotatable bonds is 8. The third-order valence-corrected chi connectivity index (χ3v) is 6.27. The van der Waals surface area contributed by atoms with Crippen LogP contribution in [0.4, 0.5) is 0 Å². The normalized spacial score (nSPS) is 13.2. The van der Waals surface area contributed by atoms with Gasteiger partial charge in [-0.05, 0) is 36.4 Å². The van der Waals surface area contributed by atoms with Crippen LogP contribution in [-0.4, -0.2) is 51.6 Å². The number of aromatic nitrogens is 2. The van der Waals surface area contributed by atoms with E-state index in [1.165, 1.54) is 34.3 Å². The van der Waals surface area contributed by atoms with Gasteiger partial charge in [0.1, 0.15) is 16.2 Å². The SMILES string of the molecule is O=C(CSc1ncnc2sccc12)OCCCCN1C(=O)c2ccccc2C1=O. The molecule has 0 N–H and O–H groups in total. The van der Waals surface area contributed by atoms with Crippen LogP contribution in [0.15, 0.2) is 47.1 Å². The number of nitrogens with zero attached hydrogens (tertiary/aromatic N) is 3. The topological polar surface area (TPSA) is 89.5 Å². The third kappa shape index (κ3) is 4.15. The molecule has 3 heterocycles. The molecule has 1 aromatic carbocycles. The van der Waals surface area contributed by atoms with Gasteiger partial charge in [0.05, 0.1) is 23.5 Å². The number of carbonyl (C=O) groups is 3. The number of hydrogen-bond donors (Lipinski definition) is 0. The predicted octanol–water partition coefficient (Wildman–Crippen LogP) is 3.40. The lowest BCUT2D eigenvalue weighted by Gasteiger charge is -2.13. The number of hydrogen-bond acceptors (Lipinski definition) is 8. The van der Waals surface area contributed by atoms with Crippen LogP contribution in [0.2, 0.25) is 0 Å². The monoisotopic (exact) mass is 427 g/mol. The molecule has 1 aliphatic rings. The van der Waals surface area contributed by atoms with E-state index in [4.69, 9.17) is 4.74 Å². The molecule has 7 nitrogen and oxygen atoms in total. The summed E-state index contributed by atoms with van der Waals surface area (Å²) in [7, 11) is 0. The van der Waals surface area contributed by atoms with Gasteiger partial charge in [-0.2, -0.15) is 0 Å². The lowest BCUT2D eigenvalue weighted by molar-refractivity contribution is -0.140. The molecule has 148 valence electrons. The lowest BCUT2D eigenvalue weighted by Crippen LogP contribution is -2.30. The van der Waals surface area contributed by atoms with E-state index >= 15 is 0 Å². The Bertz CT molecular complexity index is 1050. The van der Waals surface area contributed by atoms with Gasteiger partial charge in [0.25, 0.3) is 11.8 Å². The van der Waals surface area contributed by atoms with Crippen molar-refractivity contribution in [3.05, 3.63) is 53.2 Å². The average molecular weight is 428 g/mol. The van der Waals surface area contributed by atoms with Crippen LogP contribution in [0, 0.1) is 0 Å². The Morgan fingerprint density at radius 1 is 1.07 bits per heavy atom. The van der Waals surface area contributed by atoms with Crippen molar-refractivity contribution in [3.63, 3.8) is 0 Å². The van der Waals surface area contributed by atoms with E-state index in [2.05, 4.69) is 9.97 Å². The first kappa shape index (κ1) is 19.5. The van der Waals surface area contributed by atoms with Gasteiger partial charge < -0.3 is 4.74 Å². The molecule has 0 spiro atoms. The minimum Gasteiger partial charge on any atom is -0.465 e. The van der Waals surface area contributed by atoms with Gasteiger partial charge in [-0.15, -0.1) is 11.3 Å². The Morgan fingerprint density at radius 2 is 1.83 bits per heavy atom. The largest absolute Gasteiger partial charge is 0.465 e. The van der Waals surface area contributed by atoms with E-state index in [0.29, 0.717) is 30.5 Å². The summed E-state index contributed by atoms with van der Waals surface area (Å²) >= 11 is 2.85. The zero-order valence-electron chi connectivity index (χ0n) is 15.4. The summed E-state index contributed by atoms with van der Waals surface area (Å²) in [6.45, 7) is 0.565. The molecule has 0 radical (unpaired) electrons. The average Bonchev–Trinajstić information content (AvgIpc) is 3.31. The van der Waals surface area contributed by atoms with E-state index in [1.807, 2.05) is 11.4 Å². The lowest BCUT2D eigenvalue weighted by atomic mass is 10.1. The second-order valence-corrected chi connectivity index (χ2v) is 8.20. The van der Waals surface area contributed by atoms with Crippen LogP contribution in [-0.2, 0) is 9.53 Å². The van der Waals surface area contributed by atoms with Gasteiger partial charge in [0.2, 0.25) is 0 Å². The molecule has 29 heavy (non-hydrogen) atoms. The molecule has 9 heteroatoms. The number of unbranched alkanes of at least 4 members (excludes halogenated alkanes) is 1. The molecular weight excluding hydrogens is 410 g/mol. The summed E-state index contributed by atoms with van der Waals surface area (Å²) in [6, 6.07) is 8.76. The number of fused-ring (bicyclic) bond motifs is 2. The number of ether oxygens (including phenoxy) is 1. The fourth-order valence-electron chi connectivity index (χ4n) is 3.05. The molecule has 3 aromatic rings. The zero-order valence-corrected chi connectivity index (χ0v) is 17.0. The van der Waals surface area contributed by atoms with Crippen molar-refractivity contribution >= 4 is 51.1 Å². The molecule has 2 amide bonds. The molecule has 0 saturated carbocycles.